The molecule has 6 heteroatoms. The van der Waals surface area contributed by atoms with Crippen LogP contribution in [0.25, 0.3) is 0 Å². The fraction of sp³-hybridized carbons (Fsp3) is 0.429. The number of rotatable bonds is 5. The molecule has 20 heavy (non-hydrogen) atoms. The molecule has 0 heterocycles. The lowest BCUT2D eigenvalue weighted by atomic mass is 10.1. The molecule has 0 spiro atoms. The molecule has 0 aliphatic heterocycles. The van der Waals surface area contributed by atoms with Crippen LogP contribution in [-0.4, -0.2) is 31.0 Å². The van der Waals surface area contributed by atoms with Crippen LogP contribution in [0.2, 0.25) is 0 Å². The van der Waals surface area contributed by atoms with Gasteiger partial charge in [0.25, 0.3) is 5.91 Å². The SMILES string of the molecule is COc1ccc(N)cc1C(=O)NC(C)C(=O)NC1CC1. The van der Waals surface area contributed by atoms with Crippen LogP contribution in [0, 0.1) is 0 Å². The van der Waals surface area contributed by atoms with Crippen LogP contribution < -0.4 is 21.1 Å². The smallest absolute Gasteiger partial charge is 0.255 e. The van der Waals surface area contributed by atoms with Crippen molar-refractivity contribution < 1.29 is 14.3 Å². The minimum Gasteiger partial charge on any atom is -0.496 e. The molecular formula is C14H19N3O3. The quantitative estimate of drug-likeness (QED) is 0.690. The summed E-state index contributed by atoms with van der Waals surface area (Å²) in [5.41, 5.74) is 6.45. The molecule has 1 saturated carbocycles. The van der Waals surface area contributed by atoms with E-state index in [1.165, 1.54) is 13.2 Å². The highest BCUT2D eigenvalue weighted by Crippen LogP contribution is 2.21. The third kappa shape index (κ3) is 3.40. The highest BCUT2D eigenvalue weighted by Gasteiger charge is 2.26. The molecule has 0 saturated heterocycles. The lowest BCUT2D eigenvalue weighted by molar-refractivity contribution is -0.122. The first-order valence-corrected chi connectivity index (χ1v) is 6.56. The molecule has 1 unspecified atom stereocenters. The van der Waals surface area contributed by atoms with Gasteiger partial charge in [0.2, 0.25) is 5.91 Å². The van der Waals surface area contributed by atoms with Crippen LogP contribution >= 0.6 is 0 Å². The van der Waals surface area contributed by atoms with Crippen LogP contribution in [0.3, 0.4) is 0 Å². The average Bonchev–Trinajstić information content (AvgIpc) is 3.22. The fourth-order valence-corrected chi connectivity index (χ4v) is 1.80. The predicted octanol–water partition coefficient (Wildman–Crippen LogP) is 0.674. The number of nitrogen functional groups attached to an aromatic ring is 1. The van der Waals surface area contributed by atoms with Gasteiger partial charge in [-0.1, -0.05) is 0 Å². The summed E-state index contributed by atoms with van der Waals surface area (Å²) in [6, 6.07) is 4.47. The molecule has 0 radical (unpaired) electrons. The van der Waals surface area contributed by atoms with Crippen molar-refractivity contribution in [2.24, 2.45) is 0 Å². The van der Waals surface area contributed by atoms with E-state index in [4.69, 9.17) is 10.5 Å². The van der Waals surface area contributed by atoms with E-state index in [2.05, 4.69) is 10.6 Å². The number of carbonyl (C=O) groups is 2. The van der Waals surface area contributed by atoms with Crippen molar-refractivity contribution in [2.75, 3.05) is 12.8 Å². The monoisotopic (exact) mass is 277 g/mol. The molecule has 108 valence electrons. The number of ether oxygens (including phenoxy) is 1. The van der Waals surface area contributed by atoms with Gasteiger partial charge in [0.05, 0.1) is 12.7 Å². The Morgan fingerprint density at radius 3 is 2.70 bits per heavy atom. The molecule has 0 aromatic heterocycles. The molecule has 6 nitrogen and oxygen atoms in total. The zero-order chi connectivity index (χ0) is 14.7. The third-order valence-electron chi connectivity index (χ3n) is 3.13. The number of benzene rings is 1. The lowest BCUT2D eigenvalue weighted by Crippen LogP contribution is -2.45. The van der Waals surface area contributed by atoms with E-state index < -0.39 is 6.04 Å². The fourth-order valence-electron chi connectivity index (χ4n) is 1.80. The Morgan fingerprint density at radius 2 is 2.10 bits per heavy atom. The van der Waals surface area contributed by atoms with E-state index in [9.17, 15) is 9.59 Å². The molecule has 2 amide bonds. The highest BCUT2D eigenvalue weighted by atomic mass is 16.5. The summed E-state index contributed by atoms with van der Waals surface area (Å²) >= 11 is 0. The molecular weight excluding hydrogens is 258 g/mol. The molecule has 1 fully saturated rings. The average molecular weight is 277 g/mol. The van der Waals surface area contributed by atoms with E-state index in [0.717, 1.165) is 12.8 Å². The molecule has 1 aliphatic rings. The van der Waals surface area contributed by atoms with Gasteiger partial charge in [-0.2, -0.15) is 0 Å². The van der Waals surface area contributed by atoms with Crippen molar-refractivity contribution in [3.05, 3.63) is 23.8 Å². The van der Waals surface area contributed by atoms with E-state index in [0.29, 0.717) is 17.0 Å². The molecule has 1 atom stereocenters. The minimum absolute atomic E-state index is 0.177. The Labute approximate surface area is 117 Å². The van der Waals surface area contributed by atoms with Crippen LogP contribution in [0.5, 0.6) is 5.75 Å². The highest BCUT2D eigenvalue weighted by molar-refractivity contribution is 6.00. The number of amides is 2. The van der Waals surface area contributed by atoms with Gasteiger partial charge in [0, 0.05) is 11.7 Å². The first kappa shape index (κ1) is 14.2. The second-order valence-corrected chi connectivity index (χ2v) is 4.94. The zero-order valence-electron chi connectivity index (χ0n) is 11.6. The van der Waals surface area contributed by atoms with Gasteiger partial charge in [-0.3, -0.25) is 9.59 Å². The van der Waals surface area contributed by atoms with E-state index in [1.807, 2.05) is 0 Å². The largest absolute Gasteiger partial charge is 0.496 e. The summed E-state index contributed by atoms with van der Waals surface area (Å²) < 4.78 is 5.12. The minimum atomic E-state index is -0.603. The maximum absolute atomic E-state index is 12.2. The maximum atomic E-state index is 12.2. The van der Waals surface area contributed by atoms with Gasteiger partial charge in [-0.25, -0.2) is 0 Å². The van der Waals surface area contributed by atoms with Gasteiger partial charge in [-0.15, -0.1) is 0 Å². The summed E-state index contributed by atoms with van der Waals surface area (Å²) in [6.07, 6.45) is 2.02. The number of nitrogens with two attached hydrogens (primary N) is 1. The van der Waals surface area contributed by atoms with Crippen LogP contribution in [0.4, 0.5) is 5.69 Å². The predicted molar refractivity (Wildman–Crippen MR) is 75.5 cm³/mol. The van der Waals surface area contributed by atoms with Gasteiger partial charge in [0.15, 0.2) is 0 Å². The van der Waals surface area contributed by atoms with E-state index in [1.54, 1.807) is 19.1 Å². The number of nitrogens with one attached hydrogen (secondary N) is 2. The van der Waals surface area contributed by atoms with E-state index >= 15 is 0 Å². The Hall–Kier alpha value is -2.24. The van der Waals surface area contributed by atoms with E-state index in [-0.39, 0.29) is 17.9 Å². The molecule has 1 aliphatic carbocycles. The van der Waals surface area contributed by atoms with Gasteiger partial charge < -0.3 is 21.1 Å². The molecule has 1 aromatic carbocycles. The number of anilines is 1. The summed E-state index contributed by atoms with van der Waals surface area (Å²) in [4.78, 5) is 24.0. The molecule has 1 aromatic rings. The van der Waals surface area contributed by atoms with Crippen LogP contribution in [0.15, 0.2) is 18.2 Å². The molecule has 0 bridgehead atoms. The number of hydrogen-bond donors (Lipinski definition) is 3. The van der Waals surface area contributed by atoms with Gasteiger partial charge >= 0.3 is 0 Å². The van der Waals surface area contributed by atoms with Crippen molar-refractivity contribution in [3.8, 4) is 5.75 Å². The normalized spacial score (nSPS) is 15.3. The topological polar surface area (TPSA) is 93.4 Å². The Kier molecular flexibility index (Phi) is 4.12. The number of methoxy groups -OCH3 is 1. The molecule has 2 rings (SSSR count). The van der Waals surface area contributed by atoms with Crippen LogP contribution in [-0.2, 0) is 4.79 Å². The molecule has 4 N–H and O–H groups in total. The van der Waals surface area contributed by atoms with Gasteiger partial charge in [-0.05, 0) is 38.0 Å². The lowest BCUT2D eigenvalue weighted by Gasteiger charge is -2.15. The maximum Gasteiger partial charge on any atom is 0.255 e. The van der Waals surface area contributed by atoms with Gasteiger partial charge in [0.1, 0.15) is 11.8 Å². The summed E-state index contributed by atoms with van der Waals surface area (Å²) in [6.45, 7) is 1.65. The second kappa shape index (κ2) is 5.81. The van der Waals surface area contributed by atoms with Crippen LogP contribution in [0.1, 0.15) is 30.1 Å². The Bertz CT molecular complexity index is 526. The second-order valence-electron chi connectivity index (χ2n) is 4.94. The Balaban J connectivity index is 2.03. The van der Waals surface area contributed by atoms with Crippen molar-refractivity contribution in [1.29, 1.82) is 0 Å². The third-order valence-corrected chi connectivity index (χ3v) is 3.13. The Morgan fingerprint density at radius 1 is 1.40 bits per heavy atom. The van der Waals surface area contributed by atoms with Crippen molar-refractivity contribution in [3.63, 3.8) is 0 Å². The summed E-state index contributed by atoms with van der Waals surface area (Å²) in [5.74, 6) is -0.136. The van der Waals surface area contributed by atoms with Crippen molar-refractivity contribution in [1.82, 2.24) is 10.6 Å². The first-order chi connectivity index (χ1) is 9.51. The van der Waals surface area contributed by atoms with Crippen molar-refractivity contribution >= 4 is 17.5 Å². The zero-order valence-corrected chi connectivity index (χ0v) is 11.6. The standard InChI is InChI=1S/C14H19N3O3/c1-8(13(18)17-10-4-5-10)16-14(19)11-7-9(15)3-6-12(11)20-2/h3,6-8,10H,4-5,15H2,1-2H3,(H,16,19)(H,17,18). The number of hydrogen-bond acceptors (Lipinski definition) is 4. The van der Waals surface area contributed by atoms with Crippen molar-refractivity contribution in [2.45, 2.75) is 31.8 Å². The summed E-state index contributed by atoms with van der Waals surface area (Å²) in [7, 11) is 1.48. The number of carbonyl (C=O) groups excluding carboxylic acids is 2. The summed E-state index contributed by atoms with van der Waals surface area (Å²) in [5, 5.41) is 5.49. The first-order valence-electron chi connectivity index (χ1n) is 6.56.